The highest BCUT2D eigenvalue weighted by molar-refractivity contribution is 5.76. The van der Waals surface area contributed by atoms with E-state index in [9.17, 15) is 9.59 Å². The Bertz CT molecular complexity index is 378. The van der Waals surface area contributed by atoms with Crippen LogP contribution in [0.25, 0.3) is 0 Å². The first-order valence-electron chi connectivity index (χ1n) is 11.5. The van der Waals surface area contributed by atoms with Crippen LogP contribution < -0.4 is 5.43 Å². The summed E-state index contributed by atoms with van der Waals surface area (Å²) in [5.74, 6) is -1.20. The SMILES string of the molecule is CCCCCCCCCCCCCCCCCC(=O)NN(CCO)CC(=O)O. The Morgan fingerprint density at radius 2 is 1.18 bits per heavy atom. The fraction of sp³-hybridized carbons (Fsp3) is 0.909. The van der Waals surface area contributed by atoms with Crippen molar-refractivity contribution in [1.82, 2.24) is 10.4 Å². The van der Waals surface area contributed by atoms with Crippen molar-refractivity contribution in [2.75, 3.05) is 19.7 Å². The summed E-state index contributed by atoms with van der Waals surface area (Å²) in [6.45, 7) is 1.89. The predicted molar refractivity (Wildman–Crippen MR) is 114 cm³/mol. The van der Waals surface area contributed by atoms with E-state index in [1.807, 2.05) is 0 Å². The molecule has 0 unspecified atom stereocenters. The zero-order valence-electron chi connectivity index (χ0n) is 18.1. The number of carboxylic acids is 1. The van der Waals surface area contributed by atoms with Crippen LogP contribution in [0, 0.1) is 0 Å². The van der Waals surface area contributed by atoms with Gasteiger partial charge in [0.2, 0.25) is 5.91 Å². The van der Waals surface area contributed by atoms with Crippen molar-refractivity contribution in [3.63, 3.8) is 0 Å². The number of carboxylic acid groups (broad SMARTS) is 1. The molecule has 0 aromatic rings. The Kier molecular flexibility index (Phi) is 19.8. The fourth-order valence-corrected chi connectivity index (χ4v) is 3.35. The summed E-state index contributed by atoms with van der Waals surface area (Å²) < 4.78 is 0. The number of nitrogens with one attached hydrogen (secondary N) is 1. The quantitative estimate of drug-likeness (QED) is 0.193. The Morgan fingerprint density at radius 1 is 0.750 bits per heavy atom. The van der Waals surface area contributed by atoms with Gasteiger partial charge in [-0.05, 0) is 6.42 Å². The standard InChI is InChI=1S/C22H44N2O4/c1-2-3-4-5-6-7-8-9-10-11-12-13-14-15-16-17-21(26)23-24(18-19-25)20-22(27)28/h25H,2-20H2,1H3,(H,23,26)(H,27,28). The molecule has 166 valence electrons. The molecule has 3 N–H and O–H groups in total. The topological polar surface area (TPSA) is 89.9 Å². The molecule has 0 aliphatic heterocycles. The molecule has 0 saturated heterocycles. The molecule has 0 bridgehead atoms. The minimum absolute atomic E-state index is 0.122. The van der Waals surface area contributed by atoms with E-state index in [1.165, 1.54) is 82.1 Å². The van der Waals surface area contributed by atoms with Crippen molar-refractivity contribution in [2.24, 2.45) is 0 Å². The molecule has 28 heavy (non-hydrogen) atoms. The van der Waals surface area contributed by atoms with E-state index in [1.54, 1.807) is 0 Å². The summed E-state index contributed by atoms with van der Waals surface area (Å²) in [5.41, 5.74) is 2.55. The van der Waals surface area contributed by atoms with Gasteiger partial charge >= 0.3 is 5.97 Å². The molecule has 0 aromatic heterocycles. The fourth-order valence-electron chi connectivity index (χ4n) is 3.35. The molecular weight excluding hydrogens is 356 g/mol. The molecule has 0 fully saturated rings. The molecule has 6 heteroatoms. The van der Waals surface area contributed by atoms with Crippen LogP contribution in [0.2, 0.25) is 0 Å². The van der Waals surface area contributed by atoms with E-state index in [0.717, 1.165) is 19.3 Å². The minimum Gasteiger partial charge on any atom is -0.480 e. The van der Waals surface area contributed by atoms with E-state index in [-0.39, 0.29) is 25.6 Å². The average molecular weight is 401 g/mol. The lowest BCUT2D eigenvalue weighted by Crippen LogP contribution is -2.46. The number of aliphatic carboxylic acids is 1. The third kappa shape index (κ3) is 19.6. The van der Waals surface area contributed by atoms with Crippen molar-refractivity contribution in [2.45, 2.75) is 110 Å². The van der Waals surface area contributed by atoms with Gasteiger partial charge in [0.05, 0.1) is 6.61 Å². The van der Waals surface area contributed by atoms with Gasteiger partial charge in [-0.15, -0.1) is 0 Å². The maximum Gasteiger partial charge on any atom is 0.319 e. The Balaban J connectivity index is 3.38. The molecule has 0 saturated carbocycles. The van der Waals surface area contributed by atoms with Gasteiger partial charge in [-0.2, -0.15) is 0 Å². The number of hydrogen-bond acceptors (Lipinski definition) is 4. The second-order valence-electron chi connectivity index (χ2n) is 7.77. The van der Waals surface area contributed by atoms with E-state index in [4.69, 9.17) is 10.2 Å². The van der Waals surface area contributed by atoms with Gasteiger partial charge in [-0.1, -0.05) is 96.8 Å². The molecule has 0 aromatic carbocycles. The summed E-state index contributed by atoms with van der Waals surface area (Å²) in [6.07, 6.45) is 19.7. The van der Waals surface area contributed by atoms with Crippen LogP contribution in [0.1, 0.15) is 110 Å². The highest BCUT2D eigenvalue weighted by atomic mass is 16.4. The highest BCUT2D eigenvalue weighted by Gasteiger charge is 2.11. The molecule has 0 atom stereocenters. The van der Waals surface area contributed by atoms with Crippen molar-refractivity contribution in [3.8, 4) is 0 Å². The zero-order valence-corrected chi connectivity index (χ0v) is 18.1. The first-order valence-corrected chi connectivity index (χ1v) is 11.5. The van der Waals surface area contributed by atoms with Crippen LogP contribution in [-0.4, -0.2) is 46.8 Å². The molecule has 1 amide bonds. The smallest absolute Gasteiger partial charge is 0.319 e. The van der Waals surface area contributed by atoms with Crippen LogP contribution in [0.15, 0.2) is 0 Å². The van der Waals surface area contributed by atoms with E-state index in [2.05, 4.69) is 12.3 Å². The summed E-state index contributed by atoms with van der Waals surface area (Å²) in [7, 11) is 0. The molecule has 0 rings (SSSR count). The number of aliphatic hydroxyl groups is 1. The van der Waals surface area contributed by atoms with Crippen LogP contribution in [0.3, 0.4) is 0 Å². The molecule has 0 heterocycles. The molecule has 0 spiro atoms. The minimum atomic E-state index is -1.03. The maximum atomic E-state index is 11.8. The van der Waals surface area contributed by atoms with Gasteiger partial charge in [0.25, 0.3) is 0 Å². The number of amides is 1. The summed E-state index contributed by atoms with van der Waals surface area (Å²) in [4.78, 5) is 22.5. The Hall–Kier alpha value is -1.14. The number of hydrogen-bond donors (Lipinski definition) is 3. The first-order chi connectivity index (χ1) is 13.6. The van der Waals surface area contributed by atoms with Gasteiger partial charge < -0.3 is 10.2 Å². The second kappa shape index (κ2) is 20.6. The Morgan fingerprint density at radius 3 is 1.57 bits per heavy atom. The van der Waals surface area contributed by atoms with Crippen LogP contribution >= 0.6 is 0 Å². The van der Waals surface area contributed by atoms with E-state index < -0.39 is 5.97 Å². The highest BCUT2D eigenvalue weighted by Crippen LogP contribution is 2.13. The molecule has 0 aliphatic carbocycles. The lowest BCUT2D eigenvalue weighted by atomic mass is 10.0. The number of unbranched alkanes of at least 4 members (excludes halogenated alkanes) is 14. The van der Waals surface area contributed by atoms with Crippen LogP contribution in [0.4, 0.5) is 0 Å². The number of nitrogens with zero attached hydrogens (tertiary/aromatic N) is 1. The normalized spacial score (nSPS) is 11.1. The number of carbonyl (C=O) groups excluding carboxylic acids is 1. The van der Waals surface area contributed by atoms with Crippen molar-refractivity contribution in [3.05, 3.63) is 0 Å². The molecular formula is C22H44N2O4. The number of aliphatic hydroxyl groups excluding tert-OH is 1. The maximum absolute atomic E-state index is 11.8. The molecule has 0 aliphatic rings. The second-order valence-corrected chi connectivity index (χ2v) is 7.77. The lowest BCUT2D eigenvalue weighted by molar-refractivity contribution is -0.140. The van der Waals surface area contributed by atoms with E-state index >= 15 is 0 Å². The van der Waals surface area contributed by atoms with Gasteiger partial charge in [-0.25, -0.2) is 5.01 Å². The average Bonchev–Trinajstić information content (AvgIpc) is 2.64. The number of hydrazine groups is 1. The first kappa shape index (κ1) is 26.9. The lowest BCUT2D eigenvalue weighted by Gasteiger charge is -2.20. The summed E-state index contributed by atoms with van der Waals surface area (Å²) >= 11 is 0. The monoisotopic (exact) mass is 400 g/mol. The van der Waals surface area contributed by atoms with Gasteiger partial charge in [0.1, 0.15) is 6.54 Å². The molecule has 6 nitrogen and oxygen atoms in total. The van der Waals surface area contributed by atoms with Gasteiger partial charge in [0, 0.05) is 13.0 Å². The van der Waals surface area contributed by atoms with Crippen LogP contribution in [-0.2, 0) is 9.59 Å². The molecule has 0 radical (unpaired) electrons. The van der Waals surface area contributed by atoms with E-state index in [0.29, 0.717) is 6.42 Å². The number of rotatable bonds is 21. The third-order valence-corrected chi connectivity index (χ3v) is 4.99. The van der Waals surface area contributed by atoms with Gasteiger partial charge in [0.15, 0.2) is 0 Å². The predicted octanol–water partition coefficient (Wildman–Crippen LogP) is 4.66. The third-order valence-electron chi connectivity index (χ3n) is 4.99. The van der Waals surface area contributed by atoms with Crippen molar-refractivity contribution >= 4 is 11.9 Å². The largest absolute Gasteiger partial charge is 0.480 e. The zero-order chi connectivity index (χ0) is 20.9. The van der Waals surface area contributed by atoms with Crippen LogP contribution in [0.5, 0.6) is 0 Å². The van der Waals surface area contributed by atoms with Gasteiger partial charge in [-0.3, -0.25) is 15.0 Å². The summed E-state index contributed by atoms with van der Waals surface area (Å²) in [5, 5.41) is 18.9. The summed E-state index contributed by atoms with van der Waals surface area (Å²) in [6, 6.07) is 0. The number of carbonyl (C=O) groups is 2. The Labute approximate surface area is 172 Å². The van der Waals surface area contributed by atoms with Crippen molar-refractivity contribution in [1.29, 1.82) is 0 Å². The van der Waals surface area contributed by atoms with Crippen molar-refractivity contribution < 1.29 is 19.8 Å².